The van der Waals surface area contributed by atoms with Gasteiger partial charge >= 0.3 is 12.6 Å². The van der Waals surface area contributed by atoms with E-state index >= 15 is 0 Å². The van der Waals surface area contributed by atoms with E-state index in [2.05, 4.69) is 0 Å². The number of carbonyl (C=O) groups excluding carboxylic acids is 1. The van der Waals surface area contributed by atoms with Crippen molar-refractivity contribution in [2.75, 3.05) is 4.90 Å². The van der Waals surface area contributed by atoms with Crippen LogP contribution >= 0.6 is 0 Å². The second kappa shape index (κ2) is 8.65. The summed E-state index contributed by atoms with van der Waals surface area (Å²) >= 11 is 0. The maximum Gasteiger partial charge on any atom is 0.387 e. The lowest BCUT2D eigenvalue weighted by Crippen LogP contribution is -2.24. The standard InChI is InChI=1S/C24H20F3NO5/c1-12(2)32-18-5-3-4-14-10-19(33-24(26)27)15-11-28(23(31)22(15)21(14)18)17-7-6-13(8-16(17)25)9-20(29)30/h3-8,10,12,24H,9,11H2,1-2H3,(H,29,30). The summed E-state index contributed by atoms with van der Waals surface area (Å²) in [7, 11) is 0. The molecule has 0 radical (unpaired) electrons. The number of benzene rings is 3. The highest BCUT2D eigenvalue weighted by Crippen LogP contribution is 2.43. The lowest BCUT2D eigenvalue weighted by molar-refractivity contribution is -0.136. The zero-order chi connectivity index (χ0) is 23.9. The first-order valence-corrected chi connectivity index (χ1v) is 10.2. The molecule has 0 aromatic heterocycles. The SMILES string of the molecule is CC(C)Oc1cccc2cc(OC(F)F)c3c(c12)C(=O)N(c1ccc(CC(=O)O)cc1F)C3. The molecule has 1 aliphatic heterocycles. The Morgan fingerprint density at radius 2 is 1.88 bits per heavy atom. The Morgan fingerprint density at radius 3 is 2.52 bits per heavy atom. The minimum absolute atomic E-state index is 0.0938. The first-order valence-electron chi connectivity index (χ1n) is 10.2. The van der Waals surface area contributed by atoms with Crippen molar-refractivity contribution in [3.63, 3.8) is 0 Å². The number of nitrogens with zero attached hydrogens (tertiary/aromatic N) is 1. The van der Waals surface area contributed by atoms with Crippen LogP contribution in [0.1, 0.15) is 35.3 Å². The Balaban J connectivity index is 1.86. The molecule has 0 bridgehead atoms. The number of hydrogen-bond donors (Lipinski definition) is 1. The molecule has 1 amide bonds. The number of amides is 1. The van der Waals surface area contributed by atoms with Crippen LogP contribution in [0, 0.1) is 5.82 Å². The van der Waals surface area contributed by atoms with Gasteiger partial charge < -0.3 is 19.5 Å². The summed E-state index contributed by atoms with van der Waals surface area (Å²) < 4.78 is 51.6. The van der Waals surface area contributed by atoms with E-state index in [4.69, 9.17) is 14.6 Å². The minimum atomic E-state index is -3.11. The topological polar surface area (TPSA) is 76.1 Å². The summed E-state index contributed by atoms with van der Waals surface area (Å²) in [5, 5.41) is 9.81. The van der Waals surface area contributed by atoms with Crippen molar-refractivity contribution in [3.05, 3.63) is 65.0 Å². The van der Waals surface area contributed by atoms with E-state index in [1.54, 1.807) is 18.2 Å². The molecule has 0 unspecified atom stereocenters. The average molecular weight is 459 g/mol. The summed E-state index contributed by atoms with van der Waals surface area (Å²) in [6, 6.07) is 10.2. The van der Waals surface area contributed by atoms with Crippen molar-refractivity contribution in [1.29, 1.82) is 0 Å². The summed E-state index contributed by atoms with van der Waals surface area (Å²) in [5.74, 6) is -2.29. The van der Waals surface area contributed by atoms with Crippen LogP contribution < -0.4 is 14.4 Å². The van der Waals surface area contributed by atoms with E-state index in [1.165, 1.54) is 18.2 Å². The number of halogens is 3. The van der Waals surface area contributed by atoms with Crippen LogP contribution in [-0.4, -0.2) is 29.7 Å². The zero-order valence-electron chi connectivity index (χ0n) is 17.8. The van der Waals surface area contributed by atoms with Crippen LogP contribution in [0.3, 0.4) is 0 Å². The second-order valence-corrected chi connectivity index (χ2v) is 7.88. The Kier molecular flexibility index (Phi) is 5.88. The predicted molar refractivity (Wildman–Crippen MR) is 115 cm³/mol. The minimum Gasteiger partial charge on any atom is -0.490 e. The summed E-state index contributed by atoms with van der Waals surface area (Å²) in [6.07, 6.45) is -0.590. The maximum absolute atomic E-state index is 14.9. The number of carboxylic acids is 1. The highest BCUT2D eigenvalue weighted by molar-refractivity contribution is 6.19. The zero-order valence-corrected chi connectivity index (χ0v) is 17.8. The van der Waals surface area contributed by atoms with Gasteiger partial charge in [0.05, 0.1) is 30.3 Å². The highest BCUT2D eigenvalue weighted by atomic mass is 19.3. The number of carbonyl (C=O) groups is 2. The number of aliphatic carboxylic acids is 1. The Bertz CT molecular complexity index is 1260. The number of hydrogen-bond acceptors (Lipinski definition) is 4. The largest absolute Gasteiger partial charge is 0.490 e. The number of ether oxygens (including phenoxy) is 2. The number of carboxylic acid groups (broad SMARTS) is 1. The van der Waals surface area contributed by atoms with Crippen molar-refractivity contribution in [1.82, 2.24) is 0 Å². The molecule has 3 aromatic carbocycles. The molecule has 3 aromatic rings. The molecule has 4 rings (SSSR count). The van der Waals surface area contributed by atoms with Gasteiger partial charge in [-0.1, -0.05) is 18.2 Å². The van der Waals surface area contributed by atoms with Crippen molar-refractivity contribution < 1.29 is 37.3 Å². The smallest absolute Gasteiger partial charge is 0.387 e. The van der Waals surface area contributed by atoms with E-state index in [9.17, 15) is 22.8 Å². The molecule has 172 valence electrons. The fourth-order valence-corrected chi connectivity index (χ4v) is 4.00. The third-order valence-electron chi connectivity index (χ3n) is 5.21. The highest BCUT2D eigenvalue weighted by Gasteiger charge is 2.36. The molecular weight excluding hydrogens is 439 g/mol. The van der Waals surface area contributed by atoms with Crippen molar-refractivity contribution >= 4 is 28.3 Å². The first kappa shape index (κ1) is 22.4. The Labute approximate surface area is 187 Å². The van der Waals surface area contributed by atoms with E-state index in [-0.39, 0.29) is 47.2 Å². The van der Waals surface area contributed by atoms with Gasteiger partial charge in [-0.2, -0.15) is 8.78 Å². The molecule has 0 saturated heterocycles. The summed E-state index contributed by atoms with van der Waals surface area (Å²) in [6.45, 7) is 0.320. The van der Waals surface area contributed by atoms with Crippen molar-refractivity contribution in [3.8, 4) is 11.5 Å². The first-order chi connectivity index (χ1) is 15.7. The summed E-state index contributed by atoms with van der Waals surface area (Å²) in [5.41, 5.74) is 0.437. The van der Waals surface area contributed by atoms with Crippen molar-refractivity contribution in [2.45, 2.75) is 39.5 Å². The third kappa shape index (κ3) is 4.30. The van der Waals surface area contributed by atoms with Crippen LogP contribution in [0.15, 0.2) is 42.5 Å². The molecule has 0 atom stereocenters. The van der Waals surface area contributed by atoms with Gasteiger partial charge in [0.25, 0.3) is 5.91 Å². The lowest BCUT2D eigenvalue weighted by atomic mass is 9.98. The quantitative estimate of drug-likeness (QED) is 0.529. The third-order valence-corrected chi connectivity index (χ3v) is 5.21. The van der Waals surface area contributed by atoms with Crippen LogP contribution in [0.5, 0.6) is 11.5 Å². The number of alkyl halides is 2. The molecular formula is C24H20F3NO5. The van der Waals surface area contributed by atoms with Crippen LogP contribution in [-0.2, 0) is 17.8 Å². The normalized spacial score (nSPS) is 13.2. The number of anilines is 1. The number of fused-ring (bicyclic) bond motifs is 3. The van der Waals surface area contributed by atoms with Crippen LogP contribution in [0.4, 0.5) is 18.9 Å². The maximum atomic E-state index is 14.9. The van der Waals surface area contributed by atoms with Gasteiger partial charge in [-0.3, -0.25) is 9.59 Å². The molecule has 1 N–H and O–H groups in total. The molecule has 1 heterocycles. The van der Waals surface area contributed by atoms with Gasteiger partial charge in [-0.05, 0) is 49.1 Å². The lowest BCUT2D eigenvalue weighted by Gasteiger charge is -2.17. The molecule has 9 heteroatoms. The van der Waals surface area contributed by atoms with E-state index < -0.39 is 24.3 Å². The number of rotatable bonds is 7. The van der Waals surface area contributed by atoms with Crippen LogP contribution in [0.25, 0.3) is 10.8 Å². The fraction of sp³-hybridized carbons (Fsp3) is 0.250. The van der Waals surface area contributed by atoms with E-state index in [0.717, 1.165) is 11.0 Å². The van der Waals surface area contributed by atoms with Gasteiger partial charge in [0.2, 0.25) is 0 Å². The van der Waals surface area contributed by atoms with Gasteiger partial charge in [-0.15, -0.1) is 0 Å². The van der Waals surface area contributed by atoms with Gasteiger partial charge in [-0.25, -0.2) is 4.39 Å². The van der Waals surface area contributed by atoms with E-state index in [0.29, 0.717) is 16.5 Å². The van der Waals surface area contributed by atoms with Crippen LogP contribution in [0.2, 0.25) is 0 Å². The fourth-order valence-electron chi connectivity index (χ4n) is 4.00. The second-order valence-electron chi connectivity index (χ2n) is 7.88. The van der Waals surface area contributed by atoms with Gasteiger partial charge in [0, 0.05) is 10.9 Å². The molecule has 0 saturated carbocycles. The molecule has 6 nitrogen and oxygen atoms in total. The monoisotopic (exact) mass is 459 g/mol. The van der Waals surface area contributed by atoms with E-state index in [1.807, 2.05) is 13.8 Å². The van der Waals surface area contributed by atoms with Crippen molar-refractivity contribution in [2.24, 2.45) is 0 Å². The van der Waals surface area contributed by atoms with Gasteiger partial charge in [0.15, 0.2) is 0 Å². The molecule has 0 spiro atoms. The van der Waals surface area contributed by atoms with Gasteiger partial charge in [0.1, 0.15) is 17.3 Å². The average Bonchev–Trinajstić information content (AvgIpc) is 3.04. The Morgan fingerprint density at radius 1 is 1.12 bits per heavy atom. The summed E-state index contributed by atoms with van der Waals surface area (Å²) in [4.78, 5) is 25.5. The Hall–Kier alpha value is -3.75. The molecule has 33 heavy (non-hydrogen) atoms. The molecule has 1 aliphatic rings. The predicted octanol–water partition coefficient (Wildman–Crippen LogP) is 5.16. The molecule has 0 fully saturated rings. The molecule has 0 aliphatic carbocycles.